The van der Waals surface area contributed by atoms with Crippen molar-refractivity contribution < 1.29 is 0 Å². The van der Waals surface area contributed by atoms with E-state index >= 15 is 0 Å². The first kappa shape index (κ1) is 17.6. The Kier molecular flexibility index (Phi) is 4.53. The van der Waals surface area contributed by atoms with E-state index in [1.807, 2.05) is 21.6 Å². The predicted molar refractivity (Wildman–Crippen MR) is 122 cm³/mol. The molecule has 0 saturated carbocycles. The molecule has 0 amide bonds. The third-order valence-electron chi connectivity index (χ3n) is 6.96. The van der Waals surface area contributed by atoms with Gasteiger partial charge >= 0.3 is 0 Å². The van der Waals surface area contributed by atoms with Crippen LogP contribution in [0, 0.1) is 0 Å². The lowest BCUT2D eigenvalue weighted by molar-refractivity contribution is 0.628. The van der Waals surface area contributed by atoms with Crippen LogP contribution in [-0.4, -0.2) is 26.2 Å². The van der Waals surface area contributed by atoms with Gasteiger partial charge in [-0.2, -0.15) is 0 Å². The number of hydrogen-bond acceptors (Lipinski definition) is 4. The van der Waals surface area contributed by atoms with Gasteiger partial charge in [-0.25, -0.2) is 0 Å². The van der Waals surface area contributed by atoms with Crippen LogP contribution in [0.5, 0.6) is 0 Å². The molecule has 0 atom stereocenters. The minimum atomic E-state index is 1.26. The highest BCUT2D eigenvalue weighted by molar-refractivity contribution is 8.76. The van der Waals surface area contributed by atoms with E-state index in [1.54, 1.807) is 33.6 Å². The summed E-state index contributed by atoms with van der Waals surface area (Å²) in [5, 5.41) is 0. The van der Waals surface area contributed by atoms with Gasteiger partial charge in [-0.1, -0.05) is 33.7 Å². The second-order valence-corrected chi connectivity index (χ2v) is 10.9. The molecule has 4 aliphatic rings. The Morgan fingerprint density at radius 3 is 1.43 bits per heavy atom. The van der Waals surface area contributed by atoms with E-state index in [-0.39, 0.29) is 0 Å². The highest BCUT2D eigenvalue weighted by atomic mass is 33.1. The minimum Gasteiger partial charge on any atom is -0.371 e. The highest BCUT2D eigenvalue weighted by Crippen LogP contribution is 2.49. The number of aryl methyl sites for hydroxylation is 2. The van der Waals surface area contributed by atoms with Crippen molar-refractivity contribution in [1.29, 1.82) is 0 Å². The number of benzene rings is 2. The van der Waals surface area contributed by atoms with Gasteiger partial charge in [0.25, 0.3) is 0 Å². The summed E-state index contributed by atoms with van der Waals surface area (Å²) >= 11 is 0. The summed E-state index contributed by atoms with van der Waals surface area (Å²) in [5.41, 5.74) is 9.65. The van der Waals surface area contributed by atoms with Crippen LogP contribution in [0.1, 0.15) is 47.9 Å². The SMILES string of the molecule is c1cc(SSc2ccc3c4c2CCCN4CCC3)c2c3c1CCCN3CCC2. The first-order valence-electron chi connectivity index (χ1n) is 11.0. The molecular weight excluding hydrogens is 380 g/mol. The van der Waals surface area contributed by atoms with Gasteiger partial charge in [-0.15, -0.1) is 0 Å². The summed E-state index contributed by atoms with van der Waals surface area (Å²) in [4.78, 5) is 8.33. The molecule has 2 aromatic rings. The molecule has 0 aromatic heterocycles. The number of hydrogen-bond donors (Lipinski definition) is 0. The quantitative estimate of drug-likeness (QED) is 0.585. The monoisotopic (exact) mass is 408 g/mol. The molecule has 0 saturated heterocycles. The maximum atomic E-state index is 2.66. The molecule has 0 fully saturated rings. The first-order chi connectivity index (χ1) is 13.9. The Hall–Kier alpha value is -1.26. The Balaban J connectivity index is 1.32. The molecular formula is C24H28N2S2. The molecule has 0 radical (unpaired) electrons. The normalized spacial score (nSPS) is 20.0. The molecule has 28 heavy (non-hydrogen) atoms. The zero-order chi connectivity index (χ0) is 18.5. The van der Waals surface area contributed by atoms with Crippen molar-refractivity contribution in [2.24, 2.45) is 0 Å². The van der Waals surface area contributed by atoms with Gasteiger partial charge in [0, 0.05) is 47.3 Å². The van der Waals surface area contributed by atoms with E-state index in [0.717, 1.165) is 0 Å². The van der Waals surface area contributed by atoms with Gasteiger partial charge in [-0.3, -0.25) is 0 Å². The van der Waals surface area contributed by atoms with Crippen molar-refractivity contribution in [1.82, 2.24) is 0 Å². The van der Waals surface area contributed by atoms with Crippen LogP contribution in [0.2, 0.25) is 0 Å². The summed E-state index contributed by atoms with van der Waals surface area (Å²) < 4.78 is 0. The molecule has 2 nitrogen and oxygen atoms in total. The smallest absolute Gasteiger partial charge is 0.0442 e. The Labute approximate surface area is 176 Å². The van der Waals surface area contributed by atoms with Crippen molar-refractivity contribution in [3.8, 4) is 0 Å². The van der Waals surface area contributed by atoms with E-state index in [0.29, 0.717) is 0 Å². The van der Waals surface area contributed by atoms with Crippen LogP contribution in [0.3, 0.4) is 0 Å². The van der Waals surface area contributed by atoms with E-state index in [4.69, 9.17) is 0 Å². The van der Waals surface area contributed by atoms with Gasteiger partial charge in [0.05, 0.1) is 0 Å². The van der Waals surface area contributed by atoms with E-state index in [2.05, 4.69) is 34.1 Å². The molecule has 4 heterocycles. The standard InChI is InChI=1S/C24H28N2S2/c1-5-17-9-11-21(19-7-3-15-25(13-1)23(17)19)27-28-22-12-10-18-6-2-14-26-16-4-8-20(22)24(18)26/h9-12H,1-8,13-16H2. The van der Waals surface area contributed by atoms with E-state index in [1.165, 1.54) is 87.3 Å². The largest absolute Gasteiger partial charge is 0.371 e. The molecule has 0 aliphatic carbocycles. The second-order valence-electron chi connectivity index (χ2n) is 8.65. The van der Waals surface area contributed by atoms with E-state index in [9.17, 15) is 0 Å². The zero-order valence-corrected chi connectivity index (χ0v) is 18.1. The first-order valence-corrected chi connectivity index (χ1v) is 13.2. The molecule has 146 valence electrons. The van der Waals surface area contributed by atoms with Crippen molar-refractivity contribution in [2.45, 2.75) is 61.2 Å². The molecule has 0 N–H and O–H groups in total. The zero-order valence-electron chi connectivity index (χ0n) is 16.5. The van der Waals surface area contributed by atoms with Crippen LogP contribution in [-0.2, 0) is 25.7 Å². The van der Waals surface area contributed by atoms with Crippen molar-refractivity contribution >= 4 is 33.0 Å². The fraction of sp³-hybridized carbons (Fsp3) is 0.500. The molecule has 0 unspecified atom stereocenters. The highest BCUT2D eigenvalue weighted by Gasteiger charge is 2.28. The van der Waals surface area contributed by atoms with Gasteiger partial charge in [-0.05, 0) is 85.8 Å². The topological polar surface area (TPSA) is 6.48 Å². The van der Waals surface area contributed by atoms with Crippen molar-refractivity contribution in [2.75, 3.05) is 36.0 Å². The average molecular weight is 409 g/mol. The van der Waals surface area contributed by atoms with Gasteiger partial charge < -0.3 is 9.80 Å². The Morgan fingerprint density at radius 1 is 0.536 bits per heavy atom. The lowest BCUT2D eigenvalue weighted by Crippen LogP contribution is -2.34. The number of nitrogens with zero attached hydrogens (tertiary/aromatic N) is 2. The van der Waals surface area contributed by atoms with Crippen LogP contribution in [0.4, 0.5) is 11.4 Å². The van der Waals surface area contributed by atoms with Gasteiger partial charge in [0.1, 0.15) is 0 Å². The van der Waals surface area contributed by atoms with Crippen LogP contribution < -0.4 is 9.80 Å². The van der Waals surface area contributed by atoms with E-state index < -0.39 is 0 Å². The number of rotatable bonds is 3. The average Bonchev–Trinajstić information content (AvgIpc) is 2.75. The van der Waals surface area contributed by atoms with Crippen LogP contribution >= 0.6 is 21.6 Å². The summed E-state index contributed by atoms with van der Waals surface area (Å²) in [6, 6.07) is 9.66. The molecule has 6 rings (SSSR count). The lowest BCUT2D eigenvalue weighted by atomic mass is 9.92. The second kappa shape index (κ2) is 7.21. The van der Waals surface area contributed by atoms with Crippen LogP contribution in [0.25, 0.3) is 0 Å². The summed E-state index contributed by atoms with van der Waals surface area (Å²) in [6.07, 6.45) is 10.3. The van der Waals surface area contributed by atoms with Gasteiger partial charge in [0.15, 0.2) is 0 Å². The van der Waals surface area contributed by atoms with Crippen molar-refractivity contribution in [3.63, 3.8) is 0 Å². The van der Waals surface area contributed by atoms with Crippen molar-refractivity contribution in [3.05, 3.63) is 46.5 Å². The lowest BCUT2D eigenvalue weighted by Gasteiger charge is -2.38. The third kappa shape index (κ3) is 2.87. The molecule has 4 heteroatoms. The van der Waals surface area contributed by atoms with Gasteiger partial charge in [0.2, 0.25) is 0 Å². The third-order valence-corrected chi connectivity index (χ3v) is 9.49. The molecule has 2 aromatic carbocycles. The summed E-state index contributed by atoms with van der Waals surface area (Å²) in [6.45, 7) is 5.02. The fourth-order valence-electron chi connectivity index (χ4n) is 5.74. The molecule has 4 aliphatic heterocycles. The summed E-state index contributed by atoms with van der Waals surface area (Å²) in [5.74, 6) is 0. The maximum Gasteiger partial charge on any atom is 0.0442 e. The number of anilines is 2. The predicted octanol–water partition coefficient (Wildman–Crippen LogP) is 5.88. The Bertz CT molecular complexity index is 844. The minimum absolute atomic E-state index is 1.26. The Morgan fingerprint density at radius 2 is 0.964 bits per heavy atom. The summed E-state index contributed by atoms with van der Waals surface area (Å²) in [7, 11) is 4.02. The molecule has 0 spiro atoms. The fourth-order valence-corrected chi connectivity index (χ4v) is 8.24. The maximum absolute atomic E-state index is 2.66. The van der Waals surface area contributed by atoms with Crippen LogP contribution in [0.15, 0.2) is 34.1 Å². The molecule has 0 bridgehead atoms.